The minimum atomic E-state index is 0.449. The van der Waals surface area contributed by atoms with Gasteiger partial charge in [0.15, 0.2) is 0 Å². The molecule has 1 aliphatic heterocycles. The van der Waals surface area contributed by atoms with Crippen molar-refractivity contribution in [2.75, 3.05) is 6.54 Å². The van der Waals surface area contributed by atoms with Gasteiger partial charge in [-0.25, -0.2) is 0 Å². The standard InChI is InChI=1S/C9H19N/c1-7-5-8(10-6-7)9(2,3)4/h7-8,10H,5-6H2,1-4H3/t7-,8?/m0/s1. The molecule has 0 aromatic carbocycles. The van der Waals surface area contributed by atoms with Crippen LogP contribution in [-0.4, -0.2) is 12.6 Å². The van der Waals surface area contributed by atoms with Crippen molar-refractivity contribution in [1.29, 1.82) is 0 Å². The van der Waals surface area contributed by atoms with E-state index in [0.29, 0.717) is 5.41 Å². The van der Waals surface area contributed by atoms with Crippen molar-refractivity contribution in [3.8, 4) is 0 Å². The van der Waals surface area contributed by atoms with Crippen LogP contribution in [0.5, 0.6) is 0 Å². The summed E-state index contributed by atoms with van der Waals surface area (Å²) in [6.07, 6.45) is 1.35. The molecule has 1 heteroatoms. The first-order chi connectivity index (χ1) is 4.50. The lowest BCUT2D eigenvalue weighted by Crippen LogP contribution is -2.34. The molecular formula is C9H19N. The number of hydrogen-bond donors (Lipinski definition) is 1. The lowest BCUT2D eigenvalue weighted by atomic mass is 9.85. The Bertz CT molecular complexity index is 112. The van der Waals surface area contributed by atoms with Crippen LogP contribution in [0.15, 0.2) is 0 Å². The van der Waals surface area contributed by atoms with Crippen LogP contribution in [0.4, 0.5) is 0 Å². The molecule has 0 radical (unpaired) electrons. The van der Waals surface area contributed by atoms with Gasteiger partial charge in [0.1, 0.15) is 0 Å². The van der Waals surface area contributed by atoms with E-state index >= 15 is 0 Å². The van der Waals surface area contributed by atoms with E-state index in [0.717, 1.165) is 12.0 Å². The molecule has 2 atom stereocenters. The summed E-state index contributed by atoms with van der Waals surface area (Å²) in [4.78, 5) is 0. The van der Waals surface area contributed by atoms with Crippen LogP contribution in [-0.2, 0) is 0 Å². The first kappa shape index (κ1) is 8.06. The van der Waals surface area contributed by atoms with Crippen molar-refractivity contribution in [1.82, 2.24) is 5.32 Å². The minimum Gasteiger partial charge on any atom is -0.313 e. The molecule has 1 aliphatic rings. The molecule has 60 valence electrons. The molecule has 0 aromatic heterocycles. The zero-order valence-electron chi connectivity index (χ0n) is 7.57. The highest BCUT2D eigenvalue weighted by Gasteiger charge is 2.30. The van der Waals surface area contributed by atoms with Gasteiger partial charge in [-0.3, -0.25) is 0 Å². The maximum atomic E-state index is 3.55. The van der Waals surface area contributed by atoms with E-state index in [9.17, 15) is 0 Å². The Morgan fingerprint density at radius 2 is 1.90 bits per heavy atom. The highest BCUT2D eigenvalue weighted by Crippen LogP contribution is 2.28. The van der Waals surface area contributed by atoms with Gasteiger partial charge in [-0.05, 0) is 24.3 Å². The van der Waals surface area contributed by atoms with E-state index in [4.69, 9.17) is 0 Å². The Hall–Kier alpha value is -0.0400. The summed E-state index contributed by atoms with van der Waals surface area (Å²) in [6, 6.07) is 0.738. The van der Waals surface area contributed by atoms with E-state index in [1.165, 1.54) is 13.0 Å². The van der Waals surface area contributed by atoms with E-state index in [2.05, 4.69) is 33.0 Å². The summed E-state index contributed by atoms with van der Waals surface area (Å²) in [6.45, 7) is 10.5. The minimum absolute atomic E-state index is 0.449. The summed E-state index contributed by atoms with van der Waals surface area (Å²) < 4.78 is 0. The zero-order chi connectivity index (χ0) is 7.78. The third-order valence-electron chi connectivity index (χ3n) is 2.40. The molecule has 0 saturated carbocycles. The predicted octanol–water partition coefficient (Wildman–Crippen LogP) is 2.03. The average Bonchev–Trinajstić information content (AvgIpc) is 2.11. The van der Waals surface area contributed by atoms with Gasteiger partial charge in [0, 0.05) is 6.04 Å². The van der Waals surface area contributed by atoms with Crippen LogP contribution in [0.25, 0.3) is 0 Å². The summed E-state index contributed by atoms with van der Waals surface area (Å²) >= 11 is 0. The second-order valence-electron chi connectivity index (χ2n) is 4.67. The van der Waals surface area contributed by atoms with E-state index < -0.39 is 0 Å². The predicted molar refractivity (Wildman–Crippen MR) is 45.0 cm³/mol. The van der Waals surface area contributed by atoms with Gasteiger partial charge >= 0.3 is 0 Å². The van der Waals surface area contributed by atoms with Gasteiger partial charge in [-0.1, -0.05) is 27.7 Å². The second-order valence-corrected chi connectivity index (χ2v) is 4.67. The topological polar surface area (TPSA) is 12.0 Å². The van der Waals surface area contributed by atoms with E-state index in [-0.39, 0.29) is 0 Å². The first-order valence-electron chi connectivity index (χ1n) is 4.23. The fourth-order valence-corrected chi connectivity index (χ4v) is 1.57. The molecule has 10 heavy (non-hydrogen) atoms. The molecule has 0 amide bonds. The summed E-state index contributed by atoms with van der Waals surface area (Å²) in [5.41, 5.74) is 0.449. The maximum Gasteiger partial charge on any atom is 0.0119 e. The zero-order valence-corrected chi connectivity index (χ0v) is 7.57. The fraction of sp³-hybridized carbons (Fsp3) is 1.00. The van der Waals surface area contributed by atoms with Crippen molar-refractivity contribution < 1.29 is 0 Å². The fourth-order valence-electron chi connectivity index (χ4n) is 1.57. The highest BCUT2D eigenvalue weighted by atomic mass is 15.0. The Morgan fingerprint density at radius 3 is 2.10 bits per heavy atom. The third-order valence-corrected chi connectivity index (χ3v) is 2.40. The van der Waals surface area contributed by atoms with Gasteiger partial charge in [0.25, 0.3) is 0 Å². The van der Waals surface area contributed by atoms with Gasteiger partial charge in [-0.15, -0.1) is 0 Å². The molecule has 0 spiro atoms. The molecule has 1 fully saturated rings. The Labute approximate surface area is 64.2 Å². The lowest BCUT2D eigenvalue weighted by molar-refractivity contribution is 0.291. The molecule has 1 unspecified atom stereocenters. The monoisotopic (exact) mass is 141 g/mol. The Balaban J connectivity index is 2.45. The number of hydrogen-bond acceptors (Lipinski definition) is 1. The van der Waals surface area contributed by atoms with Crippen molar-refractivity contribution in [3.05, 3.63) is 0 Å². The summed E-state index contributed by atoms with van der Waals surface area (Å²) in [5, 5.41) is 3.55. The maximum absolute atomic E-state index is 3.55. The Morgan fingerprint density at radius 1 is 1.30 bits per heavy atom. The smallest absolute Gasteiger partial charge is 0.0119 e. The summed E-state index contributed by atoms with van der Waals surface area (Å²) in [5.74, 6) is 0.879. The Kier molecular flexibility index (Phi) is 2.04. The van der Waals surface area contributed by atoms with Crippen LogP contribution < -0.4 is 5.32 Å². The first-order valence-corrected chi connectivity index (χ1v) is 4.23. The third kappa shape index (κ3) is 1.72. The molecule has 1 saturated heterocycles. The van der Waals surface area contributed by atoms with Crippen LogP contribution in [0.1, 0.15) is 34.1 Å². The molecule has 1 rings (SSSR count). The average molecular weight is 141 g/mol. The number of rotatable bonds is 0. The van der Waals surface area contributed by atoms with Crippen molar-refractivity contribution in [2.24, 2.45) is 11.3 Å². The SMILES string of the molecule is C[C@@H]1CNC(C(C)(C)C)C1. The van der Waals surface area contributed by atoms with Gasteiger partial charge in [0.05, 0.1) is 0 Å². The van der Waals surface area contributed by atoms with Gasteiger partial charge < -0.3 is 5.32 Å². The lowest BCUT2D eigenvalue weighted by Gasteiger charge is -2.26. The van der Waals surface area contributed by atoms with Crippen molar-refractivity contribution in [2.45, 2.75) is 40.2 Å². The molecule has 1 heterocycles. The van der Waals surface area contributed by atoms with Crippen LogP contribution >= 0.6 is 0 Å². The van der Waals surface area contributed by atoms with Gasteiger partial charge in [-0.2, -0.15) is 0 Å². The summed E-state index contributed by atoms with van der Waals surface area (Å²) in [7, 11) is 0. The molecule has 0 aliphatic carbocycles. The molecule has 1 N–H and O–H groups in total. The van der Waals surface area contributed by atoms with E-state index in [1.54, 1.807) is 0 Å². The molecule has 0 bridgehead atoms. The normalized spacial score (nSPS) is 34.8. The van der Waals surface area contributed by atoms with E-state index in [1.807, 2.05) is 0 Å². The quantitative estimate of drug-likeness (QED) is 0.544. The highest BCUT2D eigenvalue weighted by molar-refractivity contribution is 4.87. The van der Waals surface area contributed by atoms with Crippen molar-refractivity contribution >= 4 is 0 Å². The largest absolute Gasteiger partial charge is 0.313 e. The molecule has 0 aromatic rings. The van der Waals surface area contributed by atoms with Gasteiger partial charge in [0.2, 0.25) is 0 Å². The number of nitrogens with one attached hydrogen (secondary N) is 1. The second kappa shape index (κ2) is 2.54. The van der Waals surface area contributed by atoms with Crippen LogP contribution in [0.3, 0.4) is 0 Å². The van der Waals surface area contributed by atoms with Crippen LogP contribution in [0, 0.1) is 11.3 Å². The van der Waals surface area contributed by atoms with Crippen molar-refractivity contribution in [3.63, 3.8) is 0 Å². The molecular weight excluding hydrogens is 122 g/mol. The van der Waals surface area contributed by atoms with Crippen LogP contribution in [0.2, 0.25) is 0 Å². The molecule has 1 nitrogen and oxygen atoms in total.